The Kier molecular flexibility index (Phi) is 3.07. The summed E-state index contributed by atoms with van der Waals surface area (Å²) in [6.07, 6.45) is 4.19. The molecule has 1 nitrogen and oxygen atoms in total. The van der Waals surface area contributed by atoms with Crippen molar-refractivity contribution in [1.82, 2.24) is 0 Å². The Bertz CT molecular complexity index is 503. The zero-order valence-electron chi connectivity index (χ0n) is 8.28. The van der Waals surface area contributed by atoms with Crippen molar-refractivity contribution >= 4 is 38.5 Å². The summed E-state index contributed by atoms with van der Waals surface area (Å²) < 4.78 is 0. The van der Waals surface area contributed by atoms with Crippen LogP contribution in [-0.2, 0) is 0 Å². The minimum absolute atomic E-state index is 0.835. The van der Waals surface area contributed by atoms with Crippen molar-refractivity contribution in [2.24, 2.45) is 0 Å². The van der Waals surface area contributed by atoms with E-state index in [9.17, 15) is 0 Å². The van der Waals surface area contributed by atoms with Gasteiger partial charge in [0.2, 0.25) is 0 Å². The summed E-state index contributed by atoms with van der Waals surface area (Å²) in [5.74, 6) is 0. The highest BCUT2D eigenvalue weighted by molar-refractivity contribution is 9.09. The summed E-state index contributed by atoms with van der Waals surface area (Å²) >= 11 is 3.37. The van der Waals surface area contributed by atoms with Crippen LogP contribution in [0.1, 0.15) is 5.56 Å². The van der Waals surface area contributed by atoms with E-state index in [4.69, 9.17) is 5.73 Å². The molecule has 0 aliphatic rings. The van der Waals surface area contributed by atoms with Crippen molar-refractivity contribution < 1.29 is 0 Å². The van der Waals surface area contributed by atoms with E-state index in [1.54, 1.807) is 0 Å². The first-order valence-corrected chi connectivity index (χ1v) is 5.95. The van der Waals surface area contributed by atoms with Gasteiger partial charge >= 0.3 is 0 Å². The summed E-state index contributed by atoms with van der Waals surface area (Å²) in [6.45, 7) is 0. The van der Waals surface area contributed by atoms with Crippen LogP contribution in [0, 0.1) is 0 Å². The zero-order valence-corrected chi connectivity index (χ0v) is 9.87. The lowest BCUT2D eigenvalue weighted by Crippen LogP contribution is -1.88. The third kappa shape index (κ3) is 2.05. The lowest BCUT2D eigenvalue weighted by molar-refractivity contribution is 1.69. The molecule has 2 rings (SSSR count). The van der Waals surface area contributed by atoms with E-state index in [1.807, 2.05) is 18.2 Å². The molecule has 15 heavy (non-hydrogen) atoms. The number of anilines is 1. The van der Waals surface area contributed by atoms with Crippen LogP contribution in [-0.4, -0.2) is 5.33 Å². The van der Waals surface area contributed by atoms with Gasteiger partial charge < -0.3 is 5.73 Å². The fourth-order valence-electron chi connectivity index (χ4n) is 1.66. The Hall–Kier alpha value is -1.28. The molecule has 0 saturated heterocycles. The molecular formula is C13H12BrN. The van der Waals surface area contributed by atoms with Gasteiger partial charge in [-0.1, -0.05) is 58.4 Å². The second kappa shape index (κ2) is 4.49. The Morgan fingerprint density at radius 3 is 2.53 bits per heavy atom. The highest BCUT2D eigenvalue weighted by Crippen LogP contribution is 2.25. The molecule has 0 aromatic heterocycles. The second-order valence-electron chi connectivity index (χ2n) is 3.35. The first kappa shape index (κ1) is 10.2. The van der Waals surface area contributed by atoms with Crippen LogP contribution in [0.25, 0.3) is 16.8 Å². The quantitative estimate of drug-likeness (QED) is 0.646. The second-order valence-corrected chi connectivity index (χ2v) is 3.99. The predicted octanol–water partition coefficient (Wildman–Crippen LogP) is 3.83. The fraction of sp³-hybridized carbons (Fsp3) is 0.0769. The molecule has 0 aliphatic carbocycles. The minimum Gasteiger partial charge on any atom is -0.398 e. The molecule has 0 spiro atoms. The van der Waals surface area contributed by atoms with Crippen LogP contribution in [0.2, 0.25) is 0 Å². The van der Waals surface area contributed by atoms with Crippen LogP contribution in [0.4, 0.5) is 5.69 Å². The van der Waals surface area contributed by atoms with Crippen LogP contribution < -0.4 is 5.73 Å². The number of hydrogen-bond donors (Lipinski definition) is 1. The zero-order chi connectivity index (χ0) is 10.7. The summed E-state index contributed by atoms with van der Waals surface area (Å²) in [7, 11) is 0. The number of alkyl halides is 1. The highest BCUT2D eigenvalue weighted by Gasteiger charge is 2.00. The van der Waals surface area contributed by atoms with Gasteiger partial charge in [-0.3, -0.25) is 0 Å². The normalized spacial score (nSPS) is 11.3. The van der Waals surface area contributed by atoms with Gasteiger partial charge in [-0.05, 0) is 17.0 Å². The van der Waals surface area contributed by atoms with Crippen LogP contribution in [0.3, 0.4) is 0 Å². The molecule has 2 N–H and O–H groups in total. The number of allylic oxidation sites excluding steroid dienone is 1. The largest absolute Gasteiger partial charge is 0.398 e. The van der Waals surface area contributed by atoms with Crippen LogP contribution >= 0.6 is 15.9 Å². The van der Waals surface area contributed by atoms with Crippen molar-refractivity contribution in [3.05, 3.63) is 48.0 Å². The molecule has 0 heterocycles. The standard InChI is InChI=1S/C13H12BrN/c14-9-3-4-10-7-8-13(15)12-6-2-1-5-11(10)12/h1-8H,9,15H2. The molecule has 0 fully saturated rings. The number of hydrogen-bond acceptors (Lipinski definition) is 1. The average molecular weight is 262 g/mol. The molecule has 0 unspecified atom stereocenters. The topological polar surface area (TPSA) is 26.0 Å². The summed E-state index contributed by atoms with van der Waals surface area (Å²) in [4.78, 5) is 0. The first-order chi connectivity index (χ1) is 7.33. The number of halogens is 1. The van der Waals surface area contributed by atoms with Crippen molar-refractivity contribution in [2.45, 2.75) is 0 Å². The Labute approximate surface area is 97.7 Å². The third-order valence-electron chi connectivity index (χ3n) is 2.38. The monoisotopic (exact) mass is 261 g/mol. The van der Waals surface area contributed by atoms with E-state index in [2.05, 4.69) is 46.3 Å². The number of nitrogen functional groups attached to an aromatic ring is 1. The molecule has 2 aromatic rings. The van der Waals surface area contributed by atoms with Gasteiger partial charge in [0.1, 0.15) is 0 Å². The van der Waals surface area contributed by atoms with E-state index in [0.29, 0.717) is 0 Å². The smallest absolute Gasteiger partial charge is 0.0394 e. The Balaban J connectivity index is 2.66. The molecule has 0 saturated carbocycles. The van der Waals surface area contributed by atoms with Crippen molar-refractivity contribution in [2.75, 3.05) is 11.1 Å². The molecule has 0 atom stereocenters. The molecule has 0 amide bonds. The van der Waals surface area contributed by atoms with Crippen LogP contribution in [0.15, 0.2) is 42.5 Å². The summed E-state index contributed by atoms with van der Waals surface area (Å²) in [6, 6.07) is 12.2. The SMILES string of the molecule is Nc1ccc(C=CCBr)c2ccccc12. The maximum absolute atomic E-state index is 5.92. The summed E-state index contributed by atoms with van der Waals surface area (Å²) in [5.41, 5.74) is 7.96. The number of nitrogens with two attached hydrogens (primary N) is 1. The molecule has 76 valence electrons. The predicted molar refractivity (Wildman–Crippen MR) is 71.2 cm³/mol. The van der Waals surface area contributed by atoms with E-state index >= 15 is 0 Å². The van der Waals surface area contributed by atoms with Crippen LogP contribution in [0.5, 0.6) is 0 Å². The van der Waals surface area contributed by atoms with Gasteiger partial charge in [0, 0.05) is 16.4 Å². The van der Waals surface area contributed by atoms with E-state index < -0.39 is 0 Å². The minimum atomic E-state index is 0.835. The van der Waals surface area contributed by atoms with Gasteiger partial charge in [0.05, 0.1) is 0 Å². The maximum Gasteiger partial charge on any atom is 0.0394 e. The number of benzene rings is 2. The Morgan fingerprint density at radius 2 is 1.80 bits per heavy atom. The lowest BCUT2D eigenvalue weighted by Gasteiger charge is -2.04. The van der Waals surface area contributed by atoms with Gasteiger partial charge in [-0.15, -0.1) is 0 Å². The van der Waals surface area contributed by atoms with E-state index in [-0.39, 0.29) is 0 Å². The highest BCUT2D eigenvalue weighted by atomic mass is 79.9. The van der Waals surface area contributed by atoms with Crippen molar-refractivity contribution in [3.63, 3.8) is 0 Å². The molecule has 2 heteroatoms. The van der Waals surface area contributed by atoms with Gasteiger partial charge in [-0.25, -0.2) is 0 Å². The fourth-order valence-corrected chi connectivity index (χ4v) is 1.85. The molecular weight excluding hydrogens is 250 g/mol. The molecule has 0 bridgehead atoms. The van der Waals surface area contributed by atoms with Crippen molar-refractivity contribution in [1.29, 1.82) is 0 Å². The van der Waals surface area contributed by atoms with Gasteiger partial charge in [-0.2, -0.15) is 0 Å². The van der Waals surface area contributed by atoms with Gasteiger partial charge in [0.25, 0.3) is 0 Å². The van der Waals surface area contributed by atoms with Gasteiger partial charge in [0.15, 0.2) is 0 Å². The average Bonchev–Trinajstić information content (AvgIpc) is 2.29. The maximum atomic E-state index is 5.92. The third-order valence-corrected chi connectivity index (χ3v) is 2.75. The number of rotatable bonds is 2. The van der Waals surface area contributed by atoms with Crippen molar-refractivity contribution in [3.8, 4) is 0 Å². The molecule has 0 radical (unpaired) electrons. The molecule has 2 aromatic carbocycles. The summed E-state index contributed by atoms with van der Waals surface area (Å²) in [5, 5.41) is 3.19. The Morgan fingerprint density at radius 1 is 1.07 bits per heavy atom. The first-order valence-electron chi connectivity index (χ1n) is 4.82. The molecule has 0 aliphatic heterocycles. The van der Waals surface area contributed by atoms with E-state index in [1.165, 1.54) is 10.9 Å². The lowest BCUT2D eigenvalue weighted by atomic mass is 10.0. The van der Waals surface area contributed by atoms with E-state index in [0.717, 1.165) is 16.4 Å². The number of fused-ring (bicyclic) bond motifs is 1.